The van der Waals surface area contributed by atoms with Gasteiger partial charge in [0, 0.05) is 12.1 Å². The molecule has 0 aliphatic rings. The summed E-state index contributed by atoms with van der Waals surface area (Å²) in [4.78, 5) is 16.6. The van der Waals surface area contributed by atoms with Crippen molar-refractivity contribution in [3.05, 3.63) is 89.6 Å². The fourth-order valence-electron chi connectivity index (χ4n) is 2.39. The first-order chi connectivity index (χ1) is 11.7. The molecular formula is C20H19N3O. The van der Waals surface area contributed by atoms with Crippen LogP contribution in [0.5, 0.6) is 0 Å². The number of aromatic nitrogens is 1. The Hall–Kier alpha value is -3.14. The van der Waals surface area contributed by atoms with Gasteiger partial charge in [0.2, 0.25) is 0 Å². The highest BCUT2D eigenvalue weighted by Crippen LogP contribution is 2.14. The van der Waals surface area contributed by atoms with Crippen LogP contribution in [-0.2, 0) is 6.54 Å². The Morgan fingerprint density at radius 3 is 2.42 bits per heavy atom. The molecule has 1 aromatic heterocycles. The first-order valence-electron chi connectivity index (χ1n) is 7.83. The molecule has 4 heteroatoms. The Balaban J connectivity index is 1.60. The van der Waals surface area contributed by atoms with Crippen LogP contribution in [-0.4, -0.2) is 10.9 Å². The Morgan fingerprint density at radius 1 is 0.958 bits per heavy atom. The number of hydrogen-bond donors (Lipinski definition) is 2. The predicted molar refractivity (Wildman–Crippen MR) is 97.1 cm³/mol. The number of anilines is 2. The minimum Gasteiger partial charge on any atom is -0.366 e. The molecule has 2 aromatic carbocycles. The molecular weight excluding hydrogens is 298 g/mol. The predicted octanol–water partition coefficient (Wildman–Crippen LogP) is 4.25. The van der Waals surface area contributed by atoms with Gasteiger partial charge in [-0.1, -0.05) is 48.5 Å². The van der Waals surface area contributed by atoms with Crippen LogP contribution in [0.2, 0.25) is 0 Å². The van der Waals surface area contributed by atoms with Gasteiger partial charge >= 0.3 is 0 Å². The van der Waals surface area contributed by atoms with Crippen LogP contribution in [0.3, 0.4) is 0 Å². The molecule has 0 radical (unpaired) electrons. The number of rotatable bonds is 5. The van der Waals surface area contributed by atoms with Gasteiger partial charge in [0.15, 0.2) is 0 Å². The van der Waals surface area contributed by atoms with Crippen molar-refractivity contribution in [3.8, 4) is 0 Å². The molecule has 0 aliphatic carbocycles. The van der Waals surface area contributed by atoms with E-state index in [1.165, 1.54) is 5.56 Å². The van der Waals surface area contributed by atoms with Gasteiger partial charge in [-0.3, -0.25) is 4.79 Å². The fraction of sp³-hybridized carbons (Fsp3) is 0.100. The maximum absolute atomic E-state index is 12.3. The van der Waals surface area contributed by atoms with Crippen molar-refractivity contribution in [2.24, 2.45) is 0 Å². The maximum Gasteiger partial charge on any atom is 0.255 e. The lowest BCUT2D eigenvalue weighted by Crippen LogP contribution is -2.13. The minimum absolute atomic E-state index is 0.125. The topological polar surface area (TPSA) is 54.0 Å². The second-order valence-corrected chi connectivity index (χ2v) is 5.54. The molecule has 3 aromatic rings. The summed E-state index contributed by atoms with van der Waals surface area (Å²) >= 11 is 0. The molecule has 2 N–H and O–H groups in total. The smallest absolute Gasteiger partial charge is 0.255 e. The summed E-state index contributed by atoms with van der Waals surface area (Å²) in [5, 5.41) is 6.13. The fourth-order valence-corrected chi connectivity index (χ4v) is 2.39. The first kappa shape index (κ1) is 15.7. The lowest BCUT2D eigenvalue weighted by Gasteiger charge is -2.09. The standard InChI is InChI=1S/C20H19N3O/c1-15-7-5-6-10-18(15)20(24)23-17-11-12-19(22-14-17)21-13-16-8-3-2-4-9-16/h2-12,14H,13H2,1H3,(H,21,22)(H,23,24). The third-order valence-electron chi connectivity index (χ3n) is 3.73. The van der Waals surface area contributed by atoms with Crippen LogP contribution in [0, 0.1) is 6.92 Å². The van der Waals surface area contributed by atoms with Crippen molar-refractivity contribution < 1.29 is 4.79 Å². The number of nitrogens with one attached hydrogen (secondary N) is 2. The van der Waals surface area contributed by atoms with Gasteiger partial charge in [-0.2, -0.15) is 0 Å². The molecule has 0 saturated heterocycles. The van der Waals surface area contributed by atoms with E-state index in [1.807, 2.05) is 61.5 Å². The van der Waals surface area contributed by atoms with Crippen molar-refractivity contribution in [2.75, 3.05) is 10.6 Å². The van der Waals surface area contributed by atoms with Gasteiger partial charge in [-0.15, -0.1) is 0 Å². The van der Waals surface area contributed by atoms with Crippen LogP contribution >= 0.6 is 0 Å². The number of carbonyl (C=O) groups is 1. The number of amides is 1. The SMILES string of the molecule is Cc1ccccc1C(=O)Nc1ccc(NCc2ccccc2)nc1. The largest absolute Gasteiger partial charge is 0.366 e. The summed E-state index contributed by atoms with van der Waals surface area (Å²) in [7, 11) is 0. The molecule has 0 saturated carbocycles. The van der Waals surface area contributed by atoms with Gasteiger partial charge in [0.1, 0.15) is 5.82 Å². The van der Waals surface area contributed by atoms with Crippen LogP contribution in [0.4, 0.5) is 11.5 Å². The Kier molecular flexibility index (Phi) is 4.87. The molecule has 1 heterocycles. The minimum atomic E-state index is -0.125. The zero-order chi connectivity index (χ0) is 16.8. The summed E-state index contributed by atoms with van der Waals surface area (Å²) in [5.74, 6) is 0.646. The molecule has 0 bridgehead atoms. The highest BCUT2D eigenvalue weighted by Gasteiger charge is 2.08. The van der Waals surface area contributed by atoms with Gasteiger partial charge in [-0.25, -0.2) is 4.98 Å². The monoisotopic (exact) mass is 317 g/mol. The molecule has 0 spiro atoms. The Bertz CT molecular complexity index is 814. The highest BCUT2D eigenvalue weighted by molar-refractivity contribution is 6.05. The van der Waals surface area contributed by atoms with E-state index in [0.717, 1.165) is 11.4 Å². The molecule has 0 aliphatic heterocycles. The Labute approximate surface area is 141 Å². The van der Waals surface area contributed by atoms with E-state index in [0.29, 0.717) is 17.8 Å². The molecule has 24 heavy (non-hydrogen) atoms. The van der Waals surface area contributed by atoms with Crippen LogP contribution in [0.25, 0.3) is 0 Å². The molecule has 1 amide bonds. The lowest BCUT2D eigenvalue weighted by atomic mass is 10.1. The first-order valence-corrected chi connectivity index (χ1v) is 7.83. The van der Waals surface area contributed by atoms with Gasteiger partial charge < -0.3 is 10.6 Å². The average Bonchev–Trinajstić information content (AvgIpc) is 2.62. The second kappa shape index (κ2) is 7.42. The van der Waals surface area contributed by atoms with Crippen LogP contribution in [0.15, 0.2) is 72.9 Å². The van der Waals surface area contributed by atoms with E-state index in [2.05, 4.69) is 27.8 Å². The number of pyridine rings is 1. The van der Waals surface area contributed by atoms with Crippen molar-refractivity contribution >= 4 is 17.4 Å². The van der Waals surface area contributed by atoms with Crippen LogP contribution in [0.1, 0.15) is 21.5 Å². The van der Waals surface area contributed by atoms with Crippen molar-refractivity contribution in [1.82, 2.24) is 4.98 Å². The molecule has 0 unspecified atom stereocenters. The summed E-state index contributed by atoms with van der Waals surface area (Å²) in [6.07, 6.45) is 1.66. The van der Waals surface area contributed by atoms with E-state index in [-0.39, 0.29) is 5.91 Å². The highest BCUT2D eigenvalue weighted by atomic mass is 16.1. The lowest BCUT2D eigenvalue weighted by molar-refractivity contribution is 0.102. The average molecular weight is 317 g/mol. The Morgan fingerprint density at radius 2 is 1.71 bits per heavy atom. The van der Waals surface area contributed by atoms with Gasteiger partial charge in [0.05, 0.1) is 11.9 Å². The number of nitrogens with zero attached hydrogens (tertiary/aromatic N) is 1. The number of carbonyl (C=O) groups excluding carboxylic acids is 1. The van der Waals surface area contributed by atoms with Crippen molar-refractivity contribution in [3.63, 3.8) is 0 Å². The molecule has 3 rings (SSSR count). The van der Waals surface area contributed by atoms with Crippen LogP contribution < -0.4 is 10.6 Å². The molecule has 4 nitrogen and oxygen atoms in total. The van der Waals surface area contributed by atoms with Gasteiger partial charge in [-0.05, 0) is 36.2 Å². The normalized spacial score (nSPS) is 10.2. The molecule has 120 valence electrons. The summed E-state index contributed by atoms with van der Waals surface area (Å²) in [6, 6.07) is 21.3. The zero-order valence-electron chi connectivity index (χ0n) is 13.5. The summed E-state index contributed by atoms with van der Waals surface area (Å²) < 4.78 is 0. The van der Waals surface area contributed by atoms with E-state index in [4.69, 9.17) is 0 Å². The summed E-state index contributed by atoms with van der Waals surface area (Å²) in [6.45, 7) is 2.63. The summed E-state index contributed by atoms with van der Waals surface area (Å²) in [5.41, 5.74) is 3.48. The van der Waals surface area contributed by atoms with E-state index >= 15 is 0 Å². The third kappa shape index (κ3) is 3.98. The third-order valence-corrected chi connectivity index (χ3v) is 3.73. The van der Waals surface area contributed by atoms with E-state index < -0.39 is 0 Å². The second-order valence-electron chi connectivity index (χ2n) is 5.54. The quantitative estimate of drug-likeness (QED) is 0.739. The zero-order valence-corrected chi connectivity index (χ0v) is 13.5. The van der Waals surface area contributed by atoms with Gasteiger partial charge in [0.25, 0.3) is 5.91 Å². The molecule has 0 atom stereocenters. The number of aryl methyl sites for hydroxylation is 1. The van der Waals surface area contributed by atoms with E-state index in [1.54, 1.807) is 6.20 Å². The van der Waals surface area contributed by atoms with E-state index in [9.17, 15) is 4.79 Å². The van der Waals surface area contributed by atoms with Crippen molar-refractivity contribution in [1.29, 1.82) is 0 Å². The number of benzene rings is 2. The maximum atomic E-state index is 12.3. The molecule has 0 fully saturated rings. The van der Waals surface area contributed by atoms with Crippen molar-refractivity contribution in [2.45, 2.75) is 13.5 Å². The number of hydrogen-bond acceptors (Lipinski definition) is 3.